The van der Waals surface area contributed by atoms with Gasteiger partial charge in [-0.1, -0.05) is 30.8 Å². The Balaban J connectivity index is 1.74. The van der Waals surface area contributed by atoms with Crippen molar-refractivity contribution in [2.24, 2.45) is 0 Å². The number of ether oxygens (including phenoxy) is 4. The molecule has 0 heterocycles. The van der Waals surface area contributed by atoms with Crippen LogP contribution >= 0.6 is 0 Å². The predicted octanol–water partition coefficient (Wildman–Crippen LogP) is 3.07. The number of nitrogens with one attached hydrogen (secondary N) is 1. The fourth-order valence-corrected chi connectivity index (χ4v) is 2.30. The van der Waals surface area contributed by atoms with Gasteiger partial charge in [-0.3, -0.25) is 0 Å². The molecule has 0 aromatic heterocycles. The quantitative estimate of drug-likeness (QED) is 0.413. The van der Waals surface area contributed by atoms with Crippen LogP contribution in [-0.4, -0.2) is 45.5 Å². The average molecular weight is 373 g/mol. The molecule has 1 amide bonds. The molecule has 0 saturated heterocycles. The summed E-state index contributed by atoms with van der Waals surface area (Å²) in [5.41, 5.74) is 0.338. The number of fused-ring (bicyclic) bond motifs is 1. The van der Waals surface area contributed by atoms with Crippen LogP contribution < -0.4 is 14.8 Å². The predicted molar refractivity (Wildman–Crippen MR) is 101 cm³/mol. The standard InChI is InChI=1S/C20H23NO6/c1-14(2)19(22)26-13-12-25-11-10-21-20(23)27-18-9-5-6-15-16(18)7-4-8-17(15)24-3/h4-9H,1,10-13H2,2-3H3,(H,21,23). The SMILES string of the molecule is C=C(C)C(=O)OCCOCCNC(=O)Oc1cccc2c(OC)cccc12. The van der Waals surface area contributed by atoms with E-state index in [1.165, 1.54) is 0 Å². The lowest BCUT2D eigenvalue weighted by Gasteiger charge is -2.11. The third-order valence-electron chi connectivity index (χ3n) is 3.59. The minimum Gasteiger partial charge on any atom is -0.496 e. The lowest BCUT2D eigenvalue weighted by molar-refractivity contribution is -0.140. The van der Waals surface area contributed by atoms with E-state index in [1.54, 1.807) is 26.2 Å². The van der Waals surface area contributed by atoms with Gasteiger partial charge in [-0.05, 0) is 19.1 Å². The van der Waals surface area contributed by atoms with Gasteiger partial charge in [0.2, 0.25) is 0 Å². The maximum absolute atomic E-state index is 12.0. The zero-order chi connectivity index (χ0) is 19.6. The molecule has 0 saturated carbocycles. The molecule has 0 bridgehead atoms. The largest absolute Gasteiger partial charge is 0.496 e. The molecule has 0 atom stereocenters. The summed E-state index contributed by atoms with van der Waals surface area (Å²) in [4.78, 5) is 23.1. The Labute approximate surface area is 157 Å². The molecular weight excluding hydrogens is 350 g/mol. The summed E-state index contributed by atoms with van der Waals surface area (Å²) in [6, 6.07) is 10.9. The van der Waals surface area contributed by atoms with Crippen LogP contribution in [0.25, 0.3) is 10.8 Å². The molecule has 7 nitrogen and oxygen atoms in total. The van der Waals surface area contributed by atoms with E-state index in [0.29, 0.717) is 17.1 Å². The van der Waals surface area contributed by atoms with Crippen LogP contribution in [0.15, 0.2) is 48.6 Å². The van der Waals surface area contributed by atoms with Crippen molar-refractivity contribution in [3.63, 3.8) is 0 Å². The van der Waals surface area contributed by atoms with E-state index in [2.05, 4.69) is 11.9 Å². The van der Waals surface area contributed by atoms with Crippen molar-refractivity contribution < 1.29 is 28.5 Å². The molecule has 0 radical (unpaired) electrons. The number of benzene rings is 2. The summed E-state index contributed by atoms with van der Waals surface area (Å²) in [5.74, 6) is 0.697. The van der Waals surface area contributed by atoms with E-state index in [4.69, 9.17) is 18.9 Å². The molecule has 0 aliphatic rings. The summed E-state index contributed by atoms with van der Waals surface area (Å²) in [6.07, 6.45) is -0.581. The minimum absolute atomic E-state index is 0.133. The maximum Gasteiger partial charge on any atom is 0.412 e. The second-order valence-corrected chi connectivity index (χ2v) is 5.66. The first-order valence-corrected chi connectivity index (χ1v) is 8.44. The summed E-state index contributed by atoms with van der Waals surface area (Å²) in [6.45, 7) is 5.96. The molecule has 0 unspecified atom stereocenters. The van der Waals surface area contributed by atoms with Gasteiger partial charge in [-0.2, -0.15) is 0 Å². The lowest BCUT2D eigenvalue weighted by atomic mass is 10.1. The van der Waals surface area contributed by atoms with Gasteiger partial charge in [0.05, 0.1) is 20.3 Å². The minimum atomic E-state index is -0.581. The molecule has 0 aliphatic heterocycles. The van der Waals surface area contributed by atoms with Gasteiger partial charge >= 0.3 is 12.1 Å². The first kappa shape index (κ1) is 20.3. The highest BCUT2D eigenvalue weighted by molar-refractivity contribution is 5.94. The fraction of sp³-hybridized carbons (Fsp3) is 0.300. The third-order valence-corrected chi connectivity index (χ3v) is 3.59. The number of carbonyl (C=O) groups is 2. The van der Waals surface area contributed by atoms with E-state index in [9.17, 15) is 9.59 Å². The molecule has 2 rings (SSSR count). The monoisotopic (exact) mass is 373 g/mol. The van der Waals surface area contributed by atoms with E-state index in [0.717, 1.165) is 10.8 Å². The molecule has 0 spiro atoms. The summed E-state index contributed by atoms with van der Waals surface area (Å²) in [5, 5.41) is 4.24. The summed E-state index contributed by atoms with van der Waals surface area (Å²) >= 11 is 0. The maximum atomic E-state index is 12.0. The van der Waals surface area contributed by atoms with Crippen LogP contribution in [0.1, 0.15) is 6.92 Å². The van der Waals surface area contributed by atoms with Gasteiger partial charge in [0, 0.05) is 22.9 Å². The van der Waals surface area contributed by atoms with Gasteiger partial charge in [0.25, 0.3) is 0 Å². The highest BCUT2D eigenvalue weighted by Gasteiger charge is 2.10. The van der Waals surface area contributed by atoms with Crippen LogP contribution in [0, 0.1) is 0 Å². The molecule has 0 fully saturated rings. The highest BCUT2D eigenvalue weighted by Crippen LogP contribution is 2.31. The van der Waals surface area contributed by atoms with Crippen LogP contribution in [0.4, 0.5) is 4.79 Å². The first-order valence-electron chi connectivity index (χ1n) is 8.44. The van der Waals surface area contributed by atoms with Crippen LogP contribution in [0.5, 0.6) is 11.5 Å². The Hall–Kier alpha value is -3.06. The number of esters is 1. The Morgan fingerprint density at radius 1 is 1.00 bits per heavy atom. The number of methoxy groups -OCH3 is 1. The second-order valence-electron chi connectivity index (χ2n) is 5.66. The van der Waals surface area contributed by atoms with Gasteiger partial charge in [-0.25, -0.2) is 9.59 Å². The van der Waals surface area contributed by atoms with Gasteiger partial charge in [0.15, 0.2) is 0 Å². The Morgan fingerprint density at radius 3 is 2.33 bits per heavy atom. The van der Waals surface area contributed by atoms with Gasteiger partial charge in [0.1, 0.15) is 18.1 Å². The molecule has 144 valence electrons. The van der Waals surface area contributed by atoms with Crippen LogP contribution in [-0.2, 0) is 14.3 Å². The number of hydrogen-bond donors (Lipinski definition) is 1. The van der Waals surface area contributed by atoms with Crippen molar-refractivity contribution in [2.45, 2.75) is 6.92 Å². The number of amides is 1. The Bertz CT molecular complexity index is 817. The van der Waals surface area contributed by atoms with Crippen molar-refractivity contribution in [1.82, 2.24) is 5.32 Å². The smallest absolute Gasteiger partial charge is 0.412 e. The van der Waals surface area contributed by atoms with E-state index in [-0.39, 0.29) is 26.4 Å². The normalized spacial score (nSPS) is 10.3. The Morgan fingerprint density at radius 2 is 1.67 bits per heavy atom. The first-order chi connectivity index (χ1) is 13.0. The van der Waals surface area contributed by atoms with Crippen molar-refractivity contribution in [3.8, 4) is 11.5 Å². The van der Waals surface area contributed by atoms with Gasteiger partial charge in [-0.15, -0.1) is 0 Å². The van der Waals surface area contributed by atoms with E-state index < -0.39 is 12.1 Å². The van der Waals surface area contributed by atoms with Gasteiger partial charge < -0.3 is 24.3 Å². The molecular formula is C20H23NO6. The van der Waals surface area contributed by atoms with Crippen molar-refractivity contribution in [3.05, 3.63) is 48.6 Å². The fourth-order valence-electron chi connectivity index (χ4n) is 2.30. The summed E-state index contributed by atoms with van der Waals surface area (Å²) in [7, 11) is 1.59. The lowest BCUT2D eigenvalue weighted by Crippen LogP contribution is -2.30. The zero-order valence-corrected chi connectivity index (χ0v) is 15.4. The van der Waals surface area contributed by atoms with E-state index >= 15 is 0 Å². The average Bonchev–Trinajstić information content (AvgIpc) is 2.66. The summed E-state index contributed by atoms with van der Waals surface area (Å²) < 4.78 is 20.8. The molecule has 2 aromatic rings. The number of carbonyl (C=O) groups excluding carboxylic acids is 2. The molecule has 2 aromatic carbocycles. The molecule has 27 heavy (non-hydrogen) atoms. The topological polar surface area (TPSA) is 83.1 Å². The third kappa shape index (κ3) is 6.00. The zero-order valence-electron chi connectivity index (χ0n) is 15.4. The second kappa shape index (κ2) is 10.2. The number of rotatable bonds is 9. The van der Waals surface area contributed by atoms with Crippen molar-refractivity contribution in [2.75, 3.05) is 33.5 Å². The van der Waals surface area contributed by atoms with Crippen molar-refractivity contribution >= 4 is 22.8 Å². The molecule has 0 aliphatic carbocycles. The van der Waals surface area contributed by atoms with Crippen LogP contribution in [0.3, 0.4) is 0 Å². The molecule has 1 N–H and O–H groups in total. The number of hydrogen-bond acceptors (Lipinski definition) is 6. The highest BCUT2D eigenvalue weighted by atomic mass is 16.6. The van der Waals surface area contributed by atoms with Crippen LogP contribution in [0.2, 0.25) is 0 Å². The van der Waals surface area contributed by atoms with Crippen molar-refractivity contribution in [1.29, 1.82) is 0 Å². The molecule has 7 heteroatoms. The Kier molecular flexibility index (Phi) is 7.63. The van der Waals surface area contributed by atoms with E-state index in [1.807, 2.05) is 24.3 Å².